The zero-order valence-corrected chi connectivity index (χ0v) is 19.7. The summed E-state index contributed by atoms with van der Waals surface area (Å²) in [5, 5.41) is 6.90. The summed E-state index contributed by atoms with van der Waals surface area (Å²) in [6.45, 7) is 14.9. The first-order valence-electron chi connectivity index (χ1n) is 11.6. The van der Waals surface area contributed by atoms with E-state index in [4.69, 9.17) is 9.47 Å². The van der Waals surface area contributed by atoms with Crippen LogP contribution in [0.4, 0.5) is 4.79 Å². The zero-order valence-electron chi connectivity index (χ0n) is 19.7. The van der Waals surface area contributed by atoms with Gasteiger partial charge < -0.3 is 29.9 Å². The lowest BCUT2D eigenvalue weighted by Crippen LogP contribution is -2.50. The topological polar surface area (TPSA) is 78.4 Å². The van der Waals surface area contributed by atoms with Crippen molar-refractivity contribution in [1.29, 1.82) is 0 Å². The van der Waals surface area contributed by atoms with Gasteiger partial charge in [-0.2, -0.15) is 0 Å². The van der Waals surface area contributed by atoms with E-state index in [0.717, 1.165) is 58.1 Å². The summed E-state index contributed by atoms with van der Waals surface area (Å²) in [6.07, 6.45) is 4.08. The van der Waals surface area contributed by atoms with Crippen molar-refractivity contribution in [3.05, 3.63) is 0 Å². The van der Waals surface area contributed by atoms with Crippen molar-refractivity contribution in [2.24, 2.45) is 10.9 Å². The third-order valence-electron chi connectivity index (χ3n) is 5.51. The predicted molar refractivity (Wildman–Crippen MR) is 121 cm³/mol. The smallest absolute Gasteiger partial charge is 0.410 e. The minimum atomic E-state index is -0.478. The number of guanidine groups is 1. The number of hydrogen-bond acceptors (Lipinski definition) is 5. The van der Waals surface area contributed by atoms with Crippen LogP contribution in [0.25, 0.3) is 0 Å². The Labute approximate surface area is 182 Å². The molecule has 0 saturated carbocycles. The molecule has 2 rings (SSSR count). The lowest BCUT2D eigenvalue weighted by Gasteiger charge is -2.34. The quantitative estimate of drug-likeness (QED) is 0.459. The number of amides is 1. The van der Waals surface area contributed by atoms with E-state index in [2.05, 4.69) is 27.4 Å². The zero-order chi connectivity index (χ0) is 22.0. The first-order chi connectivity index (χ1) is 14.3. The molecule has 8 heteroatoms. The molecule has 2 aliphatic rings. The molecule has 0 spiro atoms. The van der Waals surface area contributed by atoms with Crippen LogP contribution in [0.3, 0.4) is 0 Å². The molecule has 2 heterocycles. The van der Waals surface area contributed by atoms with Crippen LogP contribution in [0.15, 0.2) is 4.99 Å². The third kappa shape index (κ3) is 9.08. The summed E-state index contributed by atoms with van der Waals surface area (Å²) in [7, 11) is 1.79. The van der Waals surface area contributed by atoms with Gasteiger partial charge in [0.25, 0.3) is 0 Å². The highest BCUT2D eigenvalue weighted by molar-refractivity contribution is 5.80. The van der Waals surface area contributed by atoms with Gasteiger partial charge >= 0.3 is 6.09 Å². The van der Waals surface area contributed by atoms with Crippen LogP contribution < -0.4 is 10.6 Å². The summed E-state index contributed by atoms with van der Waals surface area (Å²) in [6, 6.07) is 0.435. The lowest BCUT2D eigenvalue weighted by atomic mass is 10.0. The molecule has 2 fully saturated rings. The average Bonchev–Trinajstić information content (AvgIpc) is 3.19. The van der Waals surface area contributed by atoms with Gasteiger partial charge in [0.1, 0.15) is 5.60 Å². The molecule has 0 aromatic rings. The van der Waals surface area contributed by atoms with E-state index < -0.39 is 5.60 Å². The molecule has 2 N–H and O–H groups in total. The van der Waals surface area contributed by atoms with E-state index >= 15 is 0 Å². The van der Waals surface area contributed by atoms with E-state index in [1.807, 2.05) is 20.8 Å². The molecule has 0 aromatic heterocycles. The van der Waals surface area contributed by atoms with Crippen LogP contribution in [0, 0.1) is 5.92 Å². The van der Waals surface area contributed by atoms with Crippen molar-refractivity contribution in [2.45, 2.75) is 65.0 Å². The van der Waals surface area contributed by atoms with E-state index in [0.29, 0.717) is 31.6 Å². The van der Waals surface area contributed by atoms with Gasteiger partial charge in [-0.25, -0.2) is 4.79 Å². The monoisotopic (exact) mass is 425 g/mol. The molecule has 0 aliphatic carbocycles. The first-order valence-corrected chi connectivity index (χ1v) is 11.6. The van der Waals surface area contributed by atoms with E-state index in [1.54, 1.807) is 11.9 Å². The number of aliphatic imine (C=N–C) groups is 1. The van der Waals surface area contributed by atoms with Crippen molar-refractivity contribution in [2.75, 3.05) is 59.5 Å². The number of ether oxygens (including phenoxy) is 2. The maximum absolute atomic E-state index is 12.4. The Kier molecular flexibility index (Phi) is 10.2. The highest BCUT2D eigenvalue weighted by Gasteiger charge is 2.25. The normalized spacial score (nSPS) is 21.5. The van der Waals surface area contributed by atoms with E-state index in [-0.39, 0.29) is 6.09 Å². The number of piperidine rings is 1. The Balaban J connectivity index is 1.69. The molecular formula is C22H43N5O3. The molecule has 174 valence electrons. The van der Waals surface area contributed by atoms with Crippen molar-refractivity contribution in [3.8, 4) is 0 Å². The Morgan fingerprint density at radius 1 is 1.23 bits per heavy atom. The van der Waals surface area contributed by atoms with Crippen LogP contribution in [-0.4, -0.2) is 93.0 Å². The molecule has 1 amide bonds. The van der Waals surface area contributed by atoms with Crippen LogP contribution in [0.1, 0.15) is 53.4 Å². The fourth-order valence-electron chi connectivity index (χ4n) is 3.94. The van der Waals surface area contributed by atoms with Gasteiger partial charge in [-0.05, 0) is 52.4 Å². The third-order valence-corrected chi connectivity index (χ3v) is 5.51. The number of rotatable bonds is 8. The van der Waals surface area contributed by atoms with Crippen LogP contribution in [0.2, 0.25) is 0 Å². The van der Waals surface area contributed by atoms with E-state index in [9.17, 15) is 4.79 Å². The highest BCUT2D eigenvalue weighted by atomic mass is 16.6. The standard InChI is InChI=1S/C22H43N5O3/c1-6-11-27(21(28)30-22(2,3)4)14-10-24-20(23-5)25-19-7-12-26(13-8-19)16-18-9-15-29-17-18/h18-19H,6-17H2,1-5H3,(H2,23,24,25). The molecule has 0 aromatic carbocycles. The highest BCUT2D eigenvalue weighted by Crippen LogP contribution is 2.17. The lowest BCUT2D eigenvalue weighted by molar-refractivity contribution is 0.0253. The maximum atomic E-state index is 12.4. The summed E-state index contributed by atoms with van der Waals surface area (Å²) in [4.78, 5) is 21.1. The SMILES string of the molecule is CCCN(CCNC(=NC)NC1CCN(CC2CCOC2)CC1)C(=O)OC(C)(C)C. The number of hydrogen-bond donors (Lipinski definition) is 2. The molecule has 2 saturated heterocycles. The van der Waals surface area contributed by atoms with Crippen molar-refractivity contribution in [1.82, 2.24) is 20.4 Å². The van der Waals surface area contributed by atoms with Crippen molar-refractivity contribution < 1.29 is 14.3 Å². The Morgan fingerprint density at radius 3 is 2.53 bits per heavy atom. The van der Waals surface area contributed by atoms with Gasteiger partial charge in [0.05, 0.1) is 6.61 Å². The average molecular weight is 426 g/mol. The first kappa shape index (κ1) is 24.7. The molecule has 8 nitrogen and oxygen atoms in total. The number of nitrogens with zero attached hydrogens (tertiary/aromatic N) is 3. The molecule has 0 bridgehead atoms. The molecular weight excluding hydrogens is 382 g/mol. The van der Waals surface area contributed by atoms with Crippen LogP contribution in [-0.2, 0) is 9.47 Å². The van der Waals surface area contributed by atoms with Gasteiger partial charge in [-0.15, -0.1) is 0 Å². The minimum Gasteiger partial charge on any atom is -0.444 e. The van der Waals surface area contributed by atoms with Gasteiger partial charge in [0.15, 0.2) is 5.96 Å². The molecule has 2 aliphatic heterocycles. The van der Waals surface area contributed by atoms with Gasteiger partial charge in [-0.3, -0.25) is 4.99 Å². The second-order valence-electron chi connectivity index (χ2n) is 9.42. The second kappa shape index (κ2) is 12.3. The summed E-state index contributed by atoms with van der Waals surface area (Å²) >= 11 is 0. The fourth-order valence-corrected chi connectivity index (χ4v) is 3.94. The molecule has 1 unspecified atom stereocenters. The summed E-state index contributed by atoms with van der Waals surface area (Å²) < 4.78 is 11.0. The predicted octanol–water partition coefficient (Wildman–Crippen LogP) is 2.30. The largest absolute Gasteiger partial charge is 0.444 e. The molecule has 1 atom stereocenters. The summed E-state index contributed by atoms with van der Waals surface area (Å²) in [5.74, 6) is 1.51. The van der Waals surface area contributed by atoms with Gasteiger partial charge in [0, 0.05) is 59.0 Å². The number of likely N-dealkylation sites (tertiary alicyclic amines) is 1. The Hall–Kier alpha value is -1.54. The molecule has 30 heavy (non-hydrogen) atoms. The minimum absolute atomic E-state index is 0.255. The maximum Gasteiger partial charge on any atom is 0.410 e. The number of carbonyl (C=O) groups excluding carboxylic acids is 1. The Morgan fingerprint density at radius 2 is 1.97 bits per heavy atom. The van der Waals surface area contributed by atoms with Crippen molar-refractivity contribution in [3.63, 3.8) is 0 Å². The van der Waals surface area contributed by atoms with E-state index in [1.165, 1.54) is 6.42 Å². The van der Waals surface area contributed by atoms with Crippen LogP contribution in [0.5, 0.6) is 0 Å². The fraction of sp³-hybridized carbons (Fsp3) is 0.909. The molecule has 0 radical (unpaired) electrons. The summed E-state index contributed by atoms with van der Waals surface area (Å²) in [5.41, 5.74) is -0.478. The number of carbonyl (C=O) groups is 1. The number of nitrogens with one attached hydrogen (secondary N) is 2. The Bertz CT molecular complexity index is 535. The second-order valence-corrected chi connectivity index (χ2v) is 9.42. The van der Waals surface area contributed by atoms with Crippen LogP contribution >= 0.6 is 0 Å². The van der Waals surface area contributed by atoms with Gasteiger partial charge in [0.2, 0.25) is 0 Å². The van der Waals surface area contributed by atoms with Crippen molar-refractivity contribution >= 4 is 12.1 Å². The van der Waals surface area contributed by atoms with Gasteiger partial charge in [-0.1, -0.05) is 6.92 Å².